The van der Waals surface area contributed by atoms with Crippen molar-refractivity contribution in [1.29, 1.82) is 0 Å². The second-order valence-electron chi connectivity index (χ2n) is 11.2. The van der Waals surface area contributed by atoms with Crippen LogP contribution in [0, 0.1) is 5.82 Å². The van der Waals surface area contributed by atoms with Crippen molar-refractivity contribution in [1.82, 2.24) is 20.4 Å². The Labute approximate surface area is 222 Å². The van der Waals surface area contributed by atoms with E-state index >= 15 is 0 Å². The van der Waals surface area contributed by atoms with Crippen molar-refractivity contribution < 1.29 is 23.9 Å². The highest BCUT2D eigenvalue weighted by Crippen LogP contribution is 2.33. The Morgan fingerprint density at radius 1 is 1.00 bits per heavy atom. The first-order valence-electron chi connectivity index (χ1n) is 12.9. The molecular weight excluding hydrogens is 489 g/mol. The van der Waals surface area contributed by atoms with Gasteiger partial charge in [0, 0.05) is 55.9 Å². The van der Waals surface area contributed by atoms with Crippen LogP contribution >= 0.6 is 0 Å². The standard InChI is InChI=1S/C28H36FN5O4/c1-27(2,3)32-24(35)20-6-4-5-19(15-20)17-33-11-13-34(14-12-33)25(36)21-7-8-23(22(29)16-21)31-26(37)30-18-28(38)9-10-28/h4-8,15-16,38H,9-14,17-18H2,1-3H3,(H,32,35)(H2,30,31,37). The summed E-state index contributed by atoms with van der Waals surface area (Å²) in [6.45, 7) is 8.89. The largest absolute Gasteiger partial charge is 0.388 e. The van der Waals surface area contributed by atoms with Crippen LogP contribution in [0.25, 0.3) is 0 Å². The molecule has 38 heavy (non-hydrogen) atoms. The third kappa shape index (κ3) is 7.52. The number of nitrogens with one attached hydrogen (secondary N) is 3. The van der Waals surface area contributed by atoms with Crippen LogP contribution in [0.3, 0.4) is 0 Å². The van der Waals surface area contributed by atoms with Crippen LogP contribution in [0.5, 0.6) is 0 Å². The van der Waals surface area contributed by atoms with Crippen LogP contribution in [-0.2, 0) is 6.54 Å². The van der Waals surface area contributed by atoms with Gasteiger partial charge in [-0.2, -0.15) is 0 Å². The molecule has 1 saturated heterocycles. The molecule has 1 heterocycles. The quantitative estimate of drug-likeness (QED) is 0.444. The fourth-order valence-electron chi connectivity index (χ4n) is 4.26. The highest BCUT2D eigenvalue weighted by Gasteiger charge is 2.40. The van der Waals surface area contributed by atoms with Gasteiger partial charge in [-0.25, -0.2) is 9.18 Å². The maximum Gasteiger partial charge on any atom is 0.319 e. The van der Waals surface area contributed by atoms with Crippen molar-refractivity contribution in [2.24, 2.45) is 0 Å². The summed E-state index contributed by atoms with van der Waals surface area (Å²) >= 11 is 0. The maximum atomic E-state index is 14.6. The molecule has 0 bridgehead atoms. The van der Waals surface area contributed by atoms with Gasteiger partial charge in [-0.15, -0.1) is 0 Å². The Hall–Kier alpha value is -3.50. The lowest BCUT2D eigenvalue weighted by atomic mass is 10.1. The van der Waals surface area contributed by atoms with Crippen molar-refractivity contribution in [2.45, 2.75) is 51.3 Å². The van der Waals surface area contributed by atoms with Crippen LogP contribution in [0.2, 0.25) is 0 Å². The third-order valence-corrected chi connectivity index (χ3v) is 6.61. The predicted octanol–water partition coefficient (Wildman–Crippen LogP) is 2.96. The van der Waals surface area contributed by atoms with E-state index in [1.807, 2.05) is 39.0 Å². The van der Waals surface area contributed by atoms with E-state index in [9.17, 15) is 23.9 Å². The summed E-state index contributed by atoms with van der Waals surface area (Å²) in [7, 11) is 0. The summed E-state index contributed by atoms with van der Waals surface area (Å²) in [5.41, 5.74) is 0.653. The molecule has 2 aromatic rings. The first-order valence-corrected chi connectivity index (χ1v) is 12.9. The van der Waals surface area contributed by atoms with Gasteiger partial charge < -0.3 is 26.0 Å². The zero-order valence-corrected chi connectivity index (χ0v) is 22.1. The molecular formula is C28H36FN5O4. The van der Waals surface area contributed by atoms with E-state index in [1.165, 1.54) is 12.1 Å². The molecule has 2 fully saturated rings. The normalized spacial score (nSPS) is 17.0. The molecule has 4 N–H and O–H groups in total. The summed E-state index contributed by atoms with van der Waals surface area (Å²) in [5, 5.41) is 17.7. The van der Waals surface area contributed by atoms with E-state index < -0.39 is 17.4 Å². The van der Waals surface area contributed by atoms with E-state index in [0.29, 0.717) is 51.1 Å². The number of rotatable bonds is 7. The van der Waals surface area contributed by atoms with Crippen molar-refractivity contribution in [3.63, 3.8) is 0 Å². The summed E-state index contributed by atoms with van der Waals surface area (Å²) in [6.07, 6.45) is 1.27. The molecule has 0 aromatic heterocycles. The smallest absolute Gasteiger partial charge is 0.319 e. The Bertz CT molecular complexity index is 1200. The molecule has 1 aliphatic heterocycles. The van der Waals surface area contributed by atoms with Crippen molar-refractivity contribution in [3.8, 4) is 0 Å². The van der Waals surface area contributed by atoms with Crippen LogP contribution in [0.1, 0.15) is 59.9 Å². The number of piperazine rings is 1. The minimum Gasteiger partial charge on any atom is -0.388 e. The summed E-state index contributed by atoms with van der Waals surface area (Å²) in [4.78, 5) is 41.3. The lowest BCUT2D eigenvalue weighted by Crippen LogP contribution is -2.48. The first kappa shape index (κ1) is 27.5. The molecule has 4 amide bonds. The van der Waals surface area contributed by atoms with E-state index in [-0.39, 0.29) is 35.1 Å². The van der Waals surface area contributed by atoms with Gasteiger partial charge in [0.2, 0.25) is 0 Å². The number of anilines is 1. The summed E-state index contributed by atoms with van der Waals surface area (Å²) < 4.78 is 14.6. The van der Waals surface area contributed by atoms with Gasteiger partial charge in [-0.3, -0.25) is 14.5 Å². The second kappa shape index (κ2) is 11.1. The average molecular weight is 526 g/mol. The number of amides is 4. The number of hydrogen-bond donors (Lipinski definition) is 4. The van der Waals surface area contributed by atoms with Crippen LogP contribution in [0.15, 0.2) is 42.5 Å². The van der Waals surface area contributed by atoms with Crippen molar-refractivity contribution >= 4 is 23.5 Å². The second-order valence-corrected chi connectivity index (χ2v) is 11.2. The number of hydrogen-bond acceptors (Lipinski definition) is 5. The van der Waals surface area contributed by atoms with E-state index in [1.54, 1.807) is 11.0 Å². The van der Waals surface area contributed by atoms with Crippen LogP contribution in [0.4, 0.5) is 14.9 Å². The van der Waals surface area contributed by atoms with Crippen LogP contribution < -0.4 is 16.0 Å². The molecule has 10 heteroatoms. The summed E-state index contributed by atoms with van der Waals surface area (Å²) in [6, 6.07) is 10.9. The Morgan fingerprint density at radius 3 is 2.34 bits per heavy atom. The molecule has 0 unspecified atom stereocenters. The fraction of sp³-hybridized carbons (Fsp3) is 0.464. The lowest BCUT2D eigenvalue weighted by molar-refractivity contribution is 0.0627. The number of halogens is 1. The van der Waals surface area contributed by atoms with Crippen molar-refractivity contribution in [2.75, 3.05) is 38.0 Å². The Balaban J connectivity index is 1.27. The molecule has 2 aromatic carbocycles. The molecule has 1 aliphatic carbocycles. The minimum absolute atomic E-state index is 0.0370. The first-order chi connectivity index (χ1) is 17.9. The zero-order chi connectivity index (χ0) is 27.5. The van der Waals surface area contributed by atoms with Gasteiger partial charge in [0.25, 0.3) is 11.8 Å². The lowest BCUT2D eigenvalue weighted by Gasteiger charge is -2.35. The van der Waals surface area contributed by atoms with E-state index in [0.717, 1.165) is 11.6 Å². The van der Waals surface area contributed by atoms with Gasteiger partial charge in [0.05, 0.1) is 11.3 Å². The minimum atomic E-state index is -0.844. The van der Waals surface area contributed by atoms with Gasteiger partial charge in [-0.1, -0.05) is 12.1 Å². The third-order valence-electron chi connectivity index (χ3n) is 6.61. The molecule has 9 nitrogen and oxygen atoms in total. The highest BCUT2D eigenvalue weighted by atomic mass is 19.1. The predicted molar refractivity (Wildman–Crippen MR) is 142 cm³/mol. The monoisotopic (exact) mass is 525 g/mol. The molecule has 0 atom stereocenters. The van der Waals surface area contributed by atoms with E-state index in [4.69, 9.17) is 0 Å². The molecule has 2 aliphatic rings. The number of carbonyl (C=O) groups is 3. The maximum absolute atomic E-state index is 14.6. The average Bonchev–Trinajstić information content (AvgIpc) is 3.60. The molecule has 0 spiro atoms. The van der Waals surface area contributed by atoms with Gasteiger partial charge in [0.15, 0.2) is 0 Å². The SMILES string of the molecule is CC(C)(C)NC(=O)c1cccc(CN2CCN(C(=O)c3ccc(NC(=O)NCC4(O)CC4)c(F)c3)CC2)c1. The number of carbonyl (C=O) groups excluding carboxylic acids is 3. The molecule has 4 rings (SSSR count). The molecule has 1 saturated carbocycles. The van der Waals surface area contributed by atoms with Crippen LogP contribution in [-0.4, -0.2) is 76.6 Å². The number of nitrogens with zero attached hydrogens (tertiary/aromatic N) is 2. The van der Waals surface area contributed by atoms with Gasteiger partial charge in [-0.05, 0) is 69.5 Å². The molecule has 204 valence electrons. The van der Waals surface area contributed by atoms with Crippen molar-refractivity contribution in [3.05, 3.63) is 65.0 Å². The van der Waals surface area contributed by atoms with Gasteiger partial charge >= 0.3 is 6.03 Å². The zero-order valence-electron chi connectivity index (χ0n) is 22.1. The topological polar surface area (TPSA) is 114 Å². The van der Waals surface area contributed by atoms with Gasteiger partial charge in [0.1, 0.15) is 5.82 Å². The summed E-state index contributed by atoms with van der Waals surface area (Å²) in [5.74, 6) is -1.08. The number of aliphatic hydroxyl groups is 1. The highest BCUT2D eigenvalue weighted by molar-refractivity contribution is 5.96. The Morgan fingerprint density at radius 2 is 1.71 bits per heavy atom. The fourth-order valence-corrected chi connectivity index (χ4v) is 4.26. The van der Waals surface area contributed by atoms with E-state index in [2.05, 4.69) is 20.9 Å². The molecule has 0 radical (unpaired) electrons. The number of benzene rings is 2. The number of urea groups is 1. The Kier molecular flexibility index (Phi) is 8.03.